The van der Waals surface area contributed by atoms with Gasteiger partial charge in [-0.25, -0.2) is 0 Å². The fourth-order valence-electron chi connectivity index (χ4n) is 2.50. The lowest BCUT2D eigenvalue weighted by Gasteiger charge is -2.51. The van der Waals surface area contributed by atoms with Gasteiger partial charge in [0, 0.05) is 11.6 Å². The van der Waals surface area contributed by atoms with Gasteiger partial charge in [0.2, 0.25) is 0 Å². The van der Waals surface area contributed by atoms with Gasteiger partial charge in [0.05, 0.1) is 19.8 Å². The minimum absolute atomic E-state index is 0.0725. The van der Waals surface area contributed by atoms with Crippen molar-refractivity contribution in [2.24, 2.45) is 5.41 Å². The zero-order chi connectivity index (χ0) is 11.1. The quantitative estimate of drug-likeness (QED) is 0.852. The summed E-state index contributed by atoms with van der Waals surface area (Å²) in [5.41, 5.74) is 0.917. The molecule has 0 aromatic carbocycles. The minimum atomic E-state index is -0.973. The van der Waals surface area contributed by atoms with Gasteiger partial charge < -0.3 is 19.2 Å². The van der Waals surface area contributed by atoms with Crippen LogP contribution in [0, 0.1) is 5.41 Å². The monoisotopic (exact) mass is 223 g/mol. The van der Waals surface area contributed by atoms with Crippen LogP contribution in [0.4, 0.5) is 0 Å². The van der Waals surface area contributed by atoms with Crippen molar-refractivity contribution in [2.75, 3.05) is 19.8 Å². The van der Waals surface area contributed by atoms with Gasteiger partial charge >= 0.3 is 5.97 Å². The Kier molecular flexibility index (Phi) is 2.31. The van der Waals surface area contributed by atoms with Crippen LogP contribution in [-0.2, 0) is 20.2 Å². The smallest absolute Gasteiger partial charge is 0.327 e. The van der Waals surface area contributed by atoms with Crippen LogP contribution >= 0.6 is 0 Å². The first-order chi connectivity index (χ1) is 7.79. The molecular formula is C12H17NO3. The van der Waals surface area contributed by atoms with E-state index in [2.05, 4.69) is 11.9 Å². The molecule has 3 fully saturated rings. The molecule has 1 aromatic heterocycles. The maximum atomic E-state index is 5.79. The van der Waals surface area contributed by atoms with E-state index >= 15 is 0 Å². The number of aromatic amines is 1. The van der Waals surface area contributed by atoms with Crippen LogP contribution in [0.25, 0.3) is 0 Å². The standard InChI is InChI=1S/C12H17NO3/c1-2-5-11-7-14-12(15-8-11,16-9-11)10-4-3-6-13-10/h3-4,6,13H,2,5,7-9H2,1H3. The van der Waals surface area contributed by atoms with Crippen molar-refractivity contribution >= 4 is 0 Å². The van der Waals surface area contributed by atoms with Crippen molar-refractivity contribution in [1.29, 1.82) is 0 Å². The number of hydrogen-bond donors (Lipinski definition) is 1. The normalized spacial score (nSPS) is 37.8. The van der Waals surface area contributed by atoms with Crippen LogP contribution in [0.2, 0.25) is 0 Å². The van der Waals surface area contributed by atoms with Gasteiger partial charge in [-0.15, -0.1) is 0 Å². The highest BCUT2D eigenvalue weighted by Gasteiger charge is 2.53. The van der Waals surface area contributed by atoms with Gasteiger partial charge in [-0.3, -0.25) is 0 Å². The molecule has 4 rings (SSSR count). The van der Waals surface area contributed by atoms with Gasteiger partial charge in [-0.05, 0) is 18.6 Å². The summed E-state index contributed by atoms with van der Waals surface area (Å²) in [6, 6.07) is 3.85. The largest absolute Gasteiger partial charge is 0.358 e. The van der Waals surface area contributed by atoms with Crippen LogP contribution in [0.3, 0.4) is 0 Å². The zero-order valence-corrected chi connectivity index (χ0v) is 9.49. The van der Waals surface area contributed by atoms with E-state index in [0.29, 0.717) is 0 Å². The molecule has 0 aliphatic carbocycles. The Morgan fingerprint density at radius 2 is 1.94 bits per heavy atom. The molecule has 16 heavy (non-hydrogen) atoms. The summed E-state index contributed by atoms with van der Waals surface area (Å²) in [6.07, 6.45) is 4.07. The first-order valence-corrected chi connectivity index (χ1v) is 5.84. The van der Waals surface area contributed by atoms with Crippen molar-refractivity contribution in [3.05, 3.63) is 24.0 Å². The number of nitrogens with one attached hydrogen (secondary N) is 1. The number of H-pyrrole nitrogens is 1. The molecule has 1 N–H and O–H groups in total. The van der Waals surface area contributed by atoms with Gasteiger partial charge in [0.15, 0.2) is 0 Å². The topological polar surface area (TPSA) is 43.5 Å². The SMILES string of the molecule is CCCC12COC(c3ccc[nH]3)(OC1)OC2. The van der Waals surface area contributed by atoms with Crippen LogP contribution in [-0.4, -0.2) is 24.8 Å². The van der Waals surface area contributed by atoms with E-state index in [0.717, 1.165) is 38.4 Å². The number of hydrogen-bond acceptors (Lipinski definition) is 3. The molecule has 0 amide bonds. The number of ether oxygens (including phenoxy) is 3. The summed E-state index contributed by atoms with van der Waals surface area (Å²) in [6.45, 7) is 4.34. The van der Waals surface area contributed by atoms with Crippen molar-refractivity contribution in [3.63, 3.8) is 0 Å². The molecule has 0 saturated carbocycles. The maximum absolute atomic E-state index is 5.79. The first-order valence-electron chi connectivity index (χ1n) is 5.84. The summed E-state index contributed by atoms with van der Waals surface area (Å²) in [5.74, 6) is -0.973. The Morgan fingerprint density at radius 3 is 2.44 bits per heavy atom. The Hall–Kier alpha value is -0.840. The Morgan fingerprint density at radius 1 is 1.25 bits per heavy atom. The predicted octanol–water partition coefficient (Wildman–Crippen LogP) is 1.99. The van der Waals surface area contributed by atoms with Gasteiger partial charge in [0.25, 0.3) is 0 Å². The molecule has 0 radical (unpaired) electrons. The molecule has 4 heterocycles. The molecule has 3 aliphatic rings. The summed E-state index contributed by atoms with van der Waals surface area (Å²) in [4.78, 5) is 3.09. The maximum Gasteiger partial charge on any atom is 0.327 e. The highest BCUT2D eigenvalue weighted by Crippen LogP contribution is 2.45. The zero-order valence-electron chi connectivity index (χ0n) is 9.49. The Bertz CT molecular complexity index is 336. The second kappa shape index (κ2) is 3.58. The average Bonchev–Trinajstić information content (AvgIpc) is 2.86. The number of fused-ring (bicyclic) bond motifs is 3. The van der Waals surface area contributed by atoms with E-state index < -0.39 is 5.97 Å². The van der Waals surface area contributed by atoms with Crippen LogP contribution in [0.15, 0.2) is 18.3 Å². The summed E-state index contributed by atoms with van der Waals surface area (Å²) >= 11 is 0. The third kappa shape index (κ3) is 1.41. The molecule has 1 aromatic rings. The fraction of sp³-hybridized carbons (Fsp3) is 0.667. The first kappa shape index (κ1) is 10.3. The third-order valence-corrected chi connectivity index (χ3v) is 3.41. The van der Waals surface area contributed by atoms with Crippen LogP contribution < -0.4 is 0 Å². The van der Waals surface area contributed by atoms with E-state index in [4.69, 9.17) is 14.2 Å². The summed E-state index contributed by atoms with van der Waals surface area (Å²) < 4.78 is 17.4. The molecule has 0 spiro atoms. The van der Waals surface area contributed by atoms with Crippen LogP contribution in [0.5, 0.6) is 0 Å². The Balaban J connectivity index is 1.81. The van der Waals surface area contributed by atoms with E-state index in [1.807, 2.05) is 18.3 Å². The van der Waals surface area contributed by atoms with Gasteiger partial charge in [-0.2, -0.15) is 0 Å². The van der Waals surface area contributed by atoms with E-state index in [9.17, 15) is 0 Å². The molecule has 3 saturated heterocycles. The molecule has 2 bridgehead atoms. The van der Waals surface area contributed by atoms with E-state index in [1.165, 1.54) is 0 Å². The second-order valence-electron chi connectivity index (χ2n) is 4.76. The lowest BCUT2D eigenvalue weighted by atomic mass is 9.84. The van der Waals surface area contributed by atoms with Crippen LogP contribution in [0.1, 0.15) is 25.5 Å². The molecule has 4 nitrogen and oxygen atoms in total. The highest BCUT2D eigenvalue weighted by atomic mass is 16.9. The molecule has 4 heteroatoms. The average molecular weight is 223 g/mol. The lowest BCUT2D eigenvalue weighted by molar-refractivity contribution is -0.481. The molecular weight excluding hydrogens is 206 g/mol. The number of aromatic nitrogens is 1. The predicted molar refractivity (Wildman–Crippen MR) is 57.7 cm³/mol. The molecule has 88 valence electrons. The Labute approximate surface area is 94.9 Å². The third-order valence-electron chi connectivity index (χ3n) is 3.41. The summed E-state index contributed by atoms with van der Waals surface area (Å²) in [7, 11) is 0. The fourth-order valence-corrected chi connectivity index (χ4v) is 2.50. The van der Waals surface area contributed by atoms with Crippen molar-refractivity contribution in [2.45, 2.75) is 25.7 Å². The summed E-state index contributed by atoms with van der Waals surface area (Å²) in [5, 5.41) is 0. The van der Waals surface area contributed by atoms with E-state index in [1.54, 1.807) is 0 Å². The minimum Gasteiger partial charge on any atom is -0.358 e. The molecule has 0 unspecified atom stereocenters. The second-order valence-corrected chi connectivity index (χ2v) is 4.76. The molecule has 0 atom stereocenters. The van der Waals surface area contributed by atoms with Crippen molar-refractivity contribution in [3.8, 4) is 0 Å². The highest BCUT2D eigenvalue weighted by molar-refractivity contribution is 5.10. The van der Waals surface area contributed by atoms with E-state index in [-0.39, 0.29) is 5.41 Å². The van der Waals surface area contributed by atoms with Crippen molar-refractivity contribution in [1.82, 2.24) is 4.98 Å². The molecule has 3 aliphatic heterocycles. The number of rotatable bonds is 3. The lowest BCUT2D eigenvalue weighted by Crippen LogP contribution is -2.58. The van der Waals surface area contributed by atoms with Gasteiger partial charge in [0.1, 0.15) is 5.69 Å². The van der Waals surface area contributed by atoms with Gasteiger partial charge in [-0.1, -0.05) is 13.3 Å². The van der Waals surface area contributed by atoms with Crippen molar-refractivity contribution < 1.29 is 14.2 Å².